The molecule has 180 valence electrons. The van der Waals surface area contributed by atoms with Gasteiger partial charge in [0.25, 0.3) is 0 Å². The van der Waals surface area contributed by atoms with Crippen molar-refractivity contribution in [2.75, 3.05) is 33.0 Å². The van der Waals surface area contributed by atoms with Crippen LogP contribution in [0.25, 0.3) is 22.5 Å². The second kappa shape index (κ2) is 12.3. The number of rotatable bonds is 9. The summed E-state index contributed by atoms with van der Waals surface area (Å²) in [5.74, 6) is 1.63. The van der Waals surface area contributed by atoms with E-state index in [1.807, 2.05) is 68.8 Å². The number of aliphatic hydroxyl groups is 1. The topological polar surface area (TPSA) is 73.6 Å². The molecule has 0 radical (unpaired) electrons. The molecule has 1 aliphatic carbocycles. The Labute approximate surface area is 203 Å². The fraction of sp³-hybridized carbons (Fsp3) is 0.393. The summed E-state index contributed by atoms with van der Waals surface area (Å²) in [6.07, 6.45) is 13.5. The minimum atomic E-state index is -0.262. The highest BCUT2D eigenvalue weighted by Crippen LogP contribution is 2.29. The molecule has 0 amide bonds. The number of aromatic nitrogens is 2. The summed E-state index contributed by atoms with van der Waals surface area (Å²) in [6.45, 7) is 6.63. The van der Waals surface area contributed by atoms with Crippen molar-refractivity contribution >= 4 is 23.2 Å². The molecular formula is C28H37N5O. The molecule has 0 saturated heterocycles. The Hall–Kier alpha value is -3.25. The molecule has 0 bridgehead atoms. The summed E-state index contributed by atoms with van der Waals surface area (Å²) in [4.78, 5) is 15.8. The third kappa shape index (κ3) is 6.41. The molecule has 2 N–H and O–H groups in total. The van der Waals surface area contributed by atoms with Crippen LogP contribution in [0.15, 0.2) is 60.4 Å². The summed E-state index contributed by atoms with van der Waals surface area (Å²) >= 11 is 0. The molecule has 1 aliphatic rings. The first-order valence-electron chi connectivity index (χ1n) is 12.0. The Kier molecular flexibility index (Phi) is 9.16. The second-order valence-electron chi connectivity index (χ2n) is 8.91. The maximum atomic E-state index is 10.4. The molecular weight excluding hydrogens is 422 g/mol. The summed E-state index contributed by atoms with van der Waals surface area (Å²) in [6, 6.07) is 8.19. The average Bonchev–Trinajstić information content (AvgIpc) is 2.85. The van der Waals surface area contributed by atoms with Crippen LogP contribution in [0.1, 0.15) is 43.7 Å². The van der Waals surface area contributed by atoms with E-state index in [4.69, 9.17) is 9.97 Å². The van der Waals surface area contributed by atoms with Gasteiger partial charge in [0.15, 0.2) is 5.82 Å². The number of nitrogens with one attached hydrogen (secondary N) is 1. The monoisotopic (exact) mass is 459 g/mol. The van der Waals surface area contributed by atoms with Crippen LogP contribution in [0.2, 0.25) is 0 Å². The number of anilines is 1. The van der Waals surface area contributed by atoms with Gasteiger partial charge >= 0.3 is 0 Å². The molecule has 1 heterocycles. The van der Waals surface area contributed by atoms with Gasteiger partial charge in [0.05, 0.1) is 6.10 Å². The van der Waals surface area contributed by atoms with E-state index < -0.39 is 0 Å². The van der Waals surface area contributed by atoms with E-state index in [-0.39, 0.29) is 12.0 Å². The lowest BCUT2D eigenvalue weighted by molar-refractivity contribution is 0.0763. The van der Waals surface area contributed by atoms with Crippen molar-refractivity contribution < 1.29 is 5.11 Å². The zero-order valence-corrected chi connectivity index (χ0v) is 20.8. The van der Waals surface area contributed by atoms with Gasteiger partial charge in [0, 0.05) is 68.9 Å². The molecule has 1 aromatic carbocycles. The molecule has 1 saturated carbocycles. The minimum absolute atomic E-state index is 0.226. The van der Waals surface area contributed by atoms with Crippen LogP contribution in [-0.4, -0.2) is 60.0 Å². The predicted octanol–water partition coefficient (Wildman–Crippen LogP) is 5.30. The fourth-order valence-corrected chi connectivity index (χ4v) is 4.32. The van der Waals surface area contributed by atoms with Crippen molar-refractivity contribution in [3.05, 3.63) is 66.5 Å². The highest BCUT2D eigenvalue weighted by molar-refractivity contribution is 6.11. The van der Waals surface area contributed by atoms with E-state index in [9.17, 15) is 5.11 Å². The quantitative estimate of drug-likeness (QED) is 0.393. The van der Waals surface area contributed by atoms with E-state index in [1.165, 1.54) is 0 Å². The molecule has 1 fully saturated rings. The summed E-state index contributed by atoms with van der Waals surface area (Å²) in [7, 11) is 5.75. The first-order valence-corrected chi connectivity index (χ1v) is 12.0. The zero-order chi connectivity index (χ0) is 24.5. The van der Waals surface area contributed by atoms with Gasteiger partial charge in [-0.05, 0) is 37.0 Å². The van der Waals surface area contributed by atoms with Gasteiger partial charge in [-0.25, -0.2) is 9.97 Å². The third-order valence-electron chi connectivity index (χ3n) is 6.15. The number of aliphatic hydroxyl groups excluding tert-OH is 1. The SMILES string of the molecule is C=C/C(=C\N(C)C)c1cccc(-c2ncc(C(/C=N\C)=C/C)c(NC[C@@H]3CCCCC3O)n2)c1. The van der Waals surface area contributed by atoms with Crippen LogP contribution in [0, 0.1) is 5.92 Å². The average molecular weight is 460 g/mol. The number of nitrogens with zero attached hydrogens (tertiary/aromatic N) is 4. The van der Waals surface area contributed by atoms with E-state index in [0.29, 0.717) is 12.4 Å². The minimum Gasteiger partial charge on any atom is -0.393 e. The fourth-order valence-electron chi connectivity index (χ4n) is 4.32. The van der Waals surface area contributed by atoms with E-state index >= 15 is 0 Å². The molecule has 0 spiro atoms. The highest BCUT2D eigenvalue weighted by atomic mass is 16.3. The number of hydrogen-bond donors (Lipinski definition) is 2. The van der Waals surface area contributed by atoms with E-state index in [2.05, 4.69) is 29.0 Å². The van der Waals surface area contributed by atoms with Gasteiger partial charge in [-0.15, -0.1) is 0 Å². The van der Waals surface area contributed by atoms with Crippen LogP contribution < -0.4 is 5.32 Å². The van der Waals surface area contributed by atoms with Crippen LogP contribution in [-0.2, 0) is 0 Å². The van der Waals surface area contributed by atoms with Crippen molar-refractivity contribution in [3.8, 4) is 11.4 Å². The zero-order valence-electron chi connectivity index (χ0n) is 20.8. The molecule has 2 aromatic rings. The predicted molar refractivity (Wildman–Crippen MR) is 144 cm³/mol. The van der Waals surface area contributed by atoms with Crippen LogP contribution in [0.5, 0.6) is 0 Å². The Morgan fingerprint density at radius 1 is 1.26 bits per heavy atom. The Morgan fingerprint density at radius 2 is 2.06 bits per heavy atom. The summed E-state index contributed by atoms with van der Waals surface area (Å²) in [5, 5.41) is 14.0. The number of benzene rings is 1. The molecule has 0 aliphatic heterocycles. The Balaban J connectivity index is 1.98. The maximum Gasteiger partial charge on any atom is 0.161 e. The maximum absolute atomic E-state index is 10.4. The first kappa shape index (κ1) is 25.4. The van der Waals surface area contributed by atoms with Crippen molar-refractivity contribution in [1.82, 2.24) is 14.9 Å². The molecule has 3 rings (SSSR count). The van der Waals surface area contributed by atoms with Crippen LogP contribution >= 0.6 is 0 Å². The van der Waals surface area contributed by atoms with Crippen LogP contribution in [0.3, 0.4) is 0 Å². The van der Waals surface area contributed by atoms with Gasteiger partial charge in [-0.3, -0.25) is 4.99 Å². The van der Waals surface area contributed by atoms with E-state index in [1.54, 1.807) is 7.05 Å². The number of hydrogen-bond acceptors (Lipinski definition) is 6. The summed E-state index contributed by atoms with van der Waals surface area (Å²) in [5.41, 5.74) is 4.88. The molecule has 6 nitrogen and oxygen atoms in total. The lowest BCUT2D eigenvalue weighted by Crippen LogP contribution is -2.30. The van der Waals surface area contributed by atoms with Gasteiger partial charge in [0.1, 0.15) is 5.82 Å². The largest absolute Gasteiger partial charge is 0.393 e. The third-order valence-corrected chi connectivity index (χ3v) is 6.15. The smallest absolute Gasteiger partial charge is 0.161 e. The molecule has 1 aromatic heterocycles. The summed E-state index contributed by atoms with van der Waals surface area (Å²) < 4.78 is 0. The number of aliphatic imine (C=N–C) groups is 1. The van der Waals surface area contributed by atoms with Crippen molar-refractivity contribution in [2.45, 2.75) is 38.7 Å². The van der Waals surface area contributed by atoms with Gasteiger partial charge in [-0.2, -0.15) is 0 Å². The van der Waals surface area contributed by atoms with Crippen molar-refractivity contribution in [1.29, 1.82) is 0 Å². The van der Waals surface area contributed by atoms with Gasteiger partial charge in [-0.1, -0.05) is 49.8 Å². The lowest BCUT2D eigenvalue weighted by atomic mass is 9.86. The van der Waals surface area contributed by atoms with Gasteiger partial charge in [0.2, 0.25) is 0 Å². The Bertz CT molecular complexity index is 1070. The molecule has 34 heavy (non-hydrogen) atoms. The van der Waals surface area contributed by atoms with Crippen molar-refractivity contribution in [2.24, 2.45) is 10.9 Å². The molecule has 2 atom stereocenters. The normalized spacial score (nSPS) is 19.3. The number of allylic oxidation sites excluding steroid dienone is 4. The van der Waals surface area contributed by atoms with Gasteiger partial charge < -0.3 is 15.3 Å². The van der Waals surface area contributed by atoms with Crippen LogP contribution in [0.4, 0.5) is 5.82 Å². The molecule has 6 heteroatoms. The lowest BCUT2D eigenvalue weighted by Gasteiger charge is -2.28. The highest BCUT2D eigenvalue weighted by Gasteiger charge is 2.23. The first-order chi connectivity index (χ1) is 16.5. The second-order valence-corrected chi connectivity index (χ2v) is 8.91. The standard InChI is InChI=1S/C28H37N5O/c1-6-20(16-29-3)25-18-31-27(32-28(25)30-17-24-11-8-9-14-26(24)34)23-13-10-12-22(15-23)21(7-2)19-33(4)5/h6-7,10,12-13,15-16,18-19,24,26,34H,2,8-9,11,14,17H2,1,3-5H3,(H,30,31,32)/b20-6+,21-19+,29-16-/t24-,26?/m0/s1. The van der Waals surface area contributed by atoms with E-state index in [0.717, 1.165) is 59.3 Å². The van der Waals surface area contributed by atoms with Crippen molar-refractivity contribution in [3.63, 3.8) is 0 Å². The molecule has 1 unspecified atom stereocenters. The Morgan fingerprint density at radius 3 is 2.74 bits per heavy atom.